The molecule has 0 spiro atoms. The first kappa shape index (κ1) is 11.8. The van der Waals surface area contributed by atoms with E-state index in [9.17, 15) is 13.2 Å². The highest BCUT2D eigenvalue weighted by Gasteiger charge is 2.42. The number of alkyl halides is 3. The zero-order valence-electron chi connectivity index (χ0n) is 8.98. The molecule has 1 heterocycles. The minimum atomic E-state index is -4.47. The molecule has 0 N–H and O–H groups in total. The van der Waals surface area contributed by atoms with Gasteiger partial charge < -0.3 is 0 Å². The van der Waals surface area contributed by atoms with Crippen molar-refractivity contribution in [3.63, 3.8) is 0 Å². The molecule has 6 heteroatoms. The van der Waals surface area contributed by atoms with E-state index < -0.39 is 11.9 Å². The Bertz CT molecular complexity index is 405. The summed E-state index contributed by atoms with van der Waals surface area (Å²) in [5, 5.41) is 3.38. The Hall–Kier alpha value is -0.710. The summed E-state index contributed by atoms with van der Waals surface area (Å²) < 4.78 is 39.3. The summed E-state index contributed by atoms with van der Waals surface area (Å²) in [6, 6.07) is -0.107. The lowest BCUT2D eigenvalue weighted by molar-refractivity contribution is -0.141. The van der Waals surface area contributed by atoms with Gasteiger partial charge in [0.2, 0.25) is 0 Å². The van der Waals surface area contributed by atoms with Crippen LogP contribution in [0.2, 0.25) is 5.02 Å². The van der Waals surface area contributed by atoms with Gasteiger partial charge in [0.1, 0.15) is 0 Å². The van der Waals surface area contributed by atoms with Crippen LogP contribution in [0.25, 0.3) is 0 Å². The predicted octanol–water partition coefficient (Wildman–Crippen LogP) is 4.01. The fraction of sp³-hybridized carbons (Fsp3) is 0.700. The van der Waals surface area contributed by atoms with Crippen molar-refractivity contribution >= 4 is 11.6 Å². The maximum absolute atomic E-state index is 12.6. The predicted molar refractivity (Wildman–Crippen MR) is 54.6 cm³/mol. The van der Waals surface area contributed by atoms with Crippen LogP contribution >= 0.6 is 11.6 Å². The second kappa shape index (κ2) is 3.65. The molecule has 1 aliphatic rings. The Morgan fingerprint density at radius 1 is 1.38 bits per heavy atom. The fourth-order valence-electron chi connectivity index (χ4n) is 1.73. The smallest absolute Gasteiger partial charge is 0.265 e. The first-order valence-electron chi connectivity index (χ1n) is 5.17. The Labute approximate surface area is 96.4 Å². The maximum atomic E-state index is 12.6. The summed E-state index contributed by atoms with van der Waals surface area (Å²) in [5.41, 5.74) is -0.409. The third-order valence-electron chi connectivity index (χ3n) is 2.61. The Morgan fingerprint density at radius 3 is 2.31 bits per heavy atom. The molecule has 1 aromatic heterocycles. The lowest BCUT2D eigenvalue weighted by Gasteiger charge is -2.09. The van der Waals surface area contributed by atoms with Crippen molar-refractivity contribution < 1.29 is 13.2 Å². The highest BCUT2D eigenvalue weighted by Crippen LogP contribution is 2.47. The lowest BCUT2D eigenvalue weighted by Crippen LogP contribution is -2.10. The molecule has 2 nitrogen and oxygen atoms in total. The Balaban J connectivity index is 2.53. The standard InChI is InChI=1S/C10H12ClF3N2/c1-5(2)16-8(6-3-4-6)7(11)9(15-16)10(12,13)14/h5-6H,3-4H2,1-2H3. The van der Waals surface area contributed by atoms with Crippen molar-refractivity contribution in [1.82, 2.24) is 9.78 Å². The van der Waals surface area contributed by atoms with Crippen molar-refractivity contribution in [2.45, 2.75) is 44.8 Å². The van der Waals surface area contributed by atoms with E-state index in [1.54, 1.807) is 13.8 Å². The second-order valence-electron chi connectivity index (χ2n) is 4.36. The topological polar surface area (TPSA) is 17.8 Å². The largest absolute Gasteiger partial charge is 0.436 e. The van der Waals surface area contributed by atoms with E-state index in [1.165, 1.54) is 4.68 Å². The molecular weight excluding hydrogens is 241 g/mol. The van der Waals surface area contributed by atoms with E-state index in [0.717, 1.165) is 12.8 Å². The van der Waals surface area contributed by atoms with Gasteiger partial charge in [-0.25, -0.2) is 0 Å². The molecule has 0 radical (unpaired) electrons. The minimum absolute atomic E-state index is 0.107. The van der Waals surface area contributed by atoms with Crippen LogP contribution in [0.5, 0.6) is 0 Å². The summed E-state index contributed by atoms with van der Waals surface area (Å²) in [5.74, 6) is 0.151. The van der Waals surface area contributed by atoms with E-state index in [2.05, 4.69) is 5.10 Å². The quantitative estimate of drug-likeness (QED) is 0.778. The summed E-state index contributed by atoms with van der Waals surface area (Å²) in [7, 11) is 0. The van der Waals surface area contributed by atoms with Gasteiger partial charge in [0.15, 0.2) is 5.69 Å². The first-order valence-corrected chi connectivity index (χ1v) is 5.55. The van der Waals surface area contributed by atoms with Gasteiger partial charge in [-0.2, -0.15) is 18.3 Å². The van der Waals surface area contributed by atoms with E-state index in [0.29, 0.717) is 5.69 Å². The van der Waals surface area contributed by atoms with Crippen molar-refractivity contribution in [2.75, 3.05) is 0 Å². The van der Waals surface area contributed by atoms with Gasteiger partial charge in [-0.05, 0) is 26.7 Å². The molecule has 0 amide bonds. The van der Waals surface area contributed by atoms with Crippen LogP contribution in [-0.2, 0) is 6.18 Å². The van der Waals surface area contributed by atoms with Crippen LogP contribution in [0.1, 0.15) is 50.0 Å². The molecule has 0 bridgehead atoms. The minimum Gasteiger partial charge on any atom is -0.265 e. The third kappa shape index (κ3) is 1.93. The SMILES string of the molecule is CC(C)n1nc(C(F)(F)F)c(Cl)c1C1CC1. The van der Waals surface area contributed by atoms with Crippen molar-refractivity contribution in [3.05, 3.63) is 16.4 Å². The molecule has 16 heavy (non-hydrogen) atoms. The molecule has 0 saturated heterocycles. The van der Waals surface area contributed by atoms with E-state index in [1.807, 2.05) is 0 Å². The second-order valence-corrected chi connectivity index (χ2v) is 4.74. The zero-order valence-corrected chi connectivity index (χ0v) is 9.73. The molecule has 1 fully saturated rings. The summed E-state index contributed by atoms with van der Waals surface area (Å²) >= 11 is 5.79. The maximum Gasteiger partial charge on any atom is 0.436 e. The zero-order chi connectivity index (χ0) is 12.1. The number of halogens is 4. The highest BCUT2D eigenvalue weighted by molar-refractivity contribution is 6.32. The van der Waals surface area contributed by atoms with Crippen LogP contribution in [0.3, 0.4) is 0 Å². The first-order chi connectivity index (χ1) is 7.32. The highest BCUT2D eigenvalue weighted by atomic mass is 35.5. The molecule has 1 aliphatic carbocycles. The lowest BCUT2D eigenvalue weighted by atomic mass is 10.2. The molecule has 0 atom stereocenters. The van der Waals surface area contributed by atoms with Crippen molar-refractivity contribution in [2.24, 2.45) is 0 Å². The number of hydrogen-bond donors (Lipinski definition) is 0. The van der Waals surface area contributed by atoms with Crippen molar-refractivity contribution in [3.8, 4) is 0 Å². The van der Waals surface area contributed by atoms with Gasteiger partial charge in [-0.15, -0.1) is 0 Å². The van der Waals surface area contributed by atoms with Gasteiger partial charge in [0, 0.05) is 12.0 Å². The fourth-order valence-corrected chi connectivity index (χ4v) is 2.11. The van der Waals surface area contributed by atoms with Crippen LogP contribution in [-0.4, -0.2) is 9.78 Å². The Kier molecular flexibility index (Phi) is 2.69. The Morgan fingerprint density at radius 2 is 1.94 bits per heavy atom. The van der Waals surface area contributed by atoms with Gasteiger partial charge in [0.25, 0.3) is 0 Å². The average molecular weight is 253 g/mol. The number of nitrogens with zero attached hydrogens (tertiary/aromatic N) is 2. The van der Waals surface area contributed by atoms with Gasteiger partial charge >= 0.3 is 6.18 Å². The van der Waals surface area contributed by atoms with Crippen LogP contribution in [0.15, 0.2) is 0 Å². The summed E-state index contributed by atoms with van der Waals surface area (Å²) in [4.78, 5) is 0. The average Bonchev–Trinajstić information content (AvgIpc) is 2.87. The number of rotatable bonds is 2. The molecular formula is C10H12ClF3N2. The van der Waals surface area contributed by atoms with E-state index in [4.69, 9.17) is 11.6 Å². The molecule has 0 aliphatic heterocycles. The molecule has 1 saturated carbocycles. The van der Waals surface area contributed by atoms with Gasteiger partial charge in [-0.3, -0.25) is 4.68 Å². The van der Waals surface area contributed by atoms with Crippen LogP contribution in [0, 0.1) is 0 Å². The van der Waals surface area contributed by atoms with Gasteiger partial charge in [0.05, 0.1) is 10.7 Å². The number of aromatic nitrogens is 2. The normalized spacial score (nSPS) is 17.2. The monoisotopic (exact) mass is 252 g/mol. The van der Waals surface area contributed by atoms with E-state index in [-0.39, 0.29) is 17.0 Å². The molecule has 1 aromatic rings. The molecule has 0 aromatic carbocycles. The summed E-state index contributed by atoms with van der Waals surface area (Å²) in [6.45, 7) is 3.60. The van der Waals surface area contributed by atoms with Gasteiger partial charge in [-0.1, -0.05) is 11.6 Å². The van der Waals surface area contributed by atoms with Crippen molar-refractivity contribution in [1.29, 1.82) is 0 Å². The molecule has 90 valence electrons. The van der Waals surface area contributed by atoms with Crippen LogP contribution < -0.4 is 0 Å². The number of hydrogen-bond acceptors (Lipinski definition) is 1. The van der Waals surface area contributed by atoms with Crippen LogP contribution in [0.4, 0.5) is 13.2 Å². The molecule has 2 rings (SSSR count). The molecule has 0 unspecified atom stereocenters. The summed E-state index contributed by atoms with van der Waals surface area (Å²) in [6.07, 6.45) is -2.67. The van der Waals surface area contributed by atoms with E-state index >= 15 is 0 Å². The third-order valence-corrected chi connectivity index (χ3v) is 2.98.